The molecular formula is C30H33NO3S. The van der Waals surface area contributed by atoms with Crippen LogP contribution < -0.4 is 4.74 Å². The Bertz CT molecular complexity index is 1140. The highest BCUT2D eigenvalue weighted by Gasteiger charge is 2.26. The molecule has 35 heavy (non-hydrogen) atoms. The van der Waals surface area contributed by atoms with E-state index >= 15 is 0 Å². The van der Waals surface area contributed by atoms with Gasteiger partial charge >= 0.3 is 5.97 Å². The van der Waals surface area contributed by atoms with E-state index in [1.807, 2.05) is 30.0 Å². The van der Waals surface area contributed by atoms with Crippen molar-refractivity contribution >= 4 is 17.7 Å². The van der Waals surface area contributed by atoms with Crippen LogP contribution in [0.2, 0.25) is 0 Å². The third-order valence-electron chi connectivity index (χ3n) is 7.20. The summed E-state index contributed by atoms with van der Waals surface area (Å²) in [7, 11) is 0. The number of carbonyl (C=O) groups is 1. The predicted octanol–water partition coefficient (Wildman–Crippen LogP) is 5.98. The number of benzene rings is 3. The van der Waals surface area contributed by atoms with E-state index in [1.165, 1.54) is 49.0 Å². The first kappa shape index (κ1) is 24.0. The second kappa shape index (κ2) is 11.3. The Labute approximate surface area is 212 Å². The van der Waals surface area contributed by atoms with Crippen molar-refractivity contribution in [3.05, 3.63) is 101 Å². The number of piperidine rings is 1. The lowest BCUT2D eigenvalue weighted by Crippen LogP contribution is -2.35. The number of likely N-dealkylation sites (tertiary alicyclic amines) is 1. The van der Waals surface area contributed by atoms with Gasteiger partial charge in [0.05, 0.1) is 11.7 Å². The Morgan fingerprint density at radius 1 is 0.943 bits per heavy atom. The lowest BCUT2D eigenvalue weighted by atomic mass is 9.90. The van der Waals surface area contributed by atoms with Gasteiger partial charge in [0.2, 0.25) is 0 Å². The van der Waals surface area contributed by atoms with Gasteiger partial charge in [0.15, 0.2) is 0 Å². The highest BCUT2D eigenvalue weighted by molar-refractivity contribution is 7.99. The molecule has 1 fully saturated rings. The van der Waals surface area contributed by atoms with Gasteiger partial charge in [-0.2, -0.15) is 0 Å². The van der Waals surface area contributed by atoms with Crippen LogP contribution in [0.1, 0.15) is 45.9 Å². The molecule has 182 valence electrons. The number of fused-ring (bicyclic) bond motifs is 2. The normalized spacial score (nSPS) is 18.2. The Morgan fingerprint density at radius 3 is 2.51 bits per heavy atom. The smallest absolute Gasteiger partial charge is 0.307 e. The fourth-order valence-electron chi connectivity index (χ4n) is 5.30. The summed E-state index contributed by atoms with van der Waals surface area (Å²) in [5.74, 6) is 1.88. The zero-order valence-corrected chi connectivity index (χ0v) is 20.9. The highest BCUT2D eigenvalue weighted by Crippen LogP contribution is 2.44. The molecule has 2 aliphatic rings. The maximum atomic E-state index is 11.3. The second-order valence-electron chi connectivity index (χ2n) is 9.66. The Balaban J connectivity index is 1.23. The third kappa shape index (κ3) is 6.09. The fourth-order valence-corrected chi connectivity index (χ4v) is 6.68. The molecule has 0 radical (unpaired) electrons. The molecule has 0 aromatic heterocycles. The van der Waals surface area contributed by atoms with Crippen LogP contribution in [0.25, 0.3) is 0 Å². The average Bonchev–Trinajstić information content (AvgIpc) is 3.02. The van der Waals surface area contributed by atoms with E-state index in [1.54, 1.807) is 0 Å². The summed E-state index contributed by atoms with van der Waals surface area (Å²) in [6.45, 7) is 3.96. The van der Waals surface area contributed by atoms with Gasteiger partial charge < -0.3 is 14.7 Å². The minimum absolute atomic E-state index is 0.0320. The number of aliphatic carboxylic acids is 1. The number of carboxylic acid groups (broad SMARTS) is 1. The van der Waals surface area contributed by atoms with Crippen molar-refractivity contribution in [1.29, 1.82) is 0 Å². The van der Waals surface area contributed by atoms with Gasteiger partial charge in [-0.05, 0) is 66.6 Å². The van der Waals surface area contributed by atoms with Crippen molar-refractivity contribution in [2.24, 2.45) is 5.92 Å². The van der Waals surface area contributed by atoms with E-state index < -0.39 is 5.97 Å². The molecule has 2 heterocycles. The molecule has 2 aliphatic heterocycles. The fraction of sp³-hybridized carbons (Fsp3) is 0.367. The van der Waals surface area contributed by atoms with E-state index in [0.717, 1.165) is 35.1 Å². The molecule has 0 aliphatic carbocycles. The first-order valence-electron chi connectivity index (χ1n) is 12.6. The minimum Gasteiger partial charge on any atom is -0.489 e. The number of rotatable bonds is 8. The molecule has 1 unspecified atom stereocenters. The largest absolute Gasteiger partial charge is 0.489 e. The Kier molecular flexibility index (Phi) is 7.75. The number of hydrogen-bond acceptors (Lipinski definition) is 4. The molecule has 3 aromatic rings. The van der Waals surface area contributed by atoms with Crippen LogP contribution in [-0.4, -0.2) is 41.4 Å². The van der Waals surface area contributed by atoms with Crippen molar-refractivity contribution in [3.63, 3.8) is 0 Å². The SMILES string of the molecule is O=C(O)Cc1ccc2c(c1)C(SCCN1CCC(Cc3ccccc3)CC1)c1ccccc1CO2. The first-order valence-corrected chi connectivity index (χ1v) is 13.6. The average molecular weight is 488 g/mol. The molecule has 0 amide bonds. The van der Waals surface area contributed by atoms with Crippen LogP contribution in [0.4, 0.5) is 0 Å². The zero-order chi connectivity index (χ0) is 24.0. The maximum absolute atomic E-state index is 11.3. The lowest BCUT2D eigenvalue weighted by Gasteiger charge is -2.32. The zero-order valence-electron chi connectivity index (χ0n) is 20.1. The van der Waals surface area contributed by atoms with Gasteiger partial charge in [-0.1, -0.05) is 66.7 Å². The summed E-state index contributed by atoms with van der Waals surface area (Å²) in [6, 6.07) is 25.2. The Morgan fingerprint density at radius 2 is 1.71 bits per heavy atom. The van der Waals surface area contributed by atoms with Crippen molar-refractivity contribution in [1.82, 2.24) is 4.90 Å². The standard InChI is InChI=1S/C30H33NO3S/c32-29(33)20-24-10-11-28-27(19-24)30(26-9-5-4-8-25(26)21-34-28)35-17-16-31-14-12-23(13-15-31)18-22-6-2-1-3-7-22/h1-11,19,23,30H,12-18,20-21H2,(H,32,33). The van der Waals surface area contributed by atoms with Crippen LogP contribution in [0, 0.1) is 5.92 Å². The van der Waals surface area contributed by atoms with Gasteiger partial charge in [-0.25, -0.2) is 0 Å². The van der Waals surface area contributed by atoms with Gasteiger partial charge in [0.1, 0.15) is 12.4 Å². The van der Waals surface area contributed by atoms with Crippen molar-refractivity contribution in [2.75, 3.05) is 25.4 Å². The number of thioether (sulfide) groups is 1. The number of carboxylic acids is 1. The molecular weight excluding hydrogens is 454 g/mol. The van der Waals surface area contributed by atoms with Gasteiger partial charge in [-0.15, -0.1) is 11.8 Å². The summed E-state index contributed by atoms with van der Waals surface area (Å²) < 4.78 is 6.15. The summed E-state index contributed by atoms with van der Waals surface area (Å²) in [4.78, 5) is 13.9. The van der Waals surface area contributed by atoms with E-state index in [0.29, 0.717) is 6.61 Å². The predicted molar refractivity (Wildman–Crippen MR) is 142 cm³/mol. The number of ether oxygens (including phenoxy) is 1. The topological polar surface area (TPSA) is 49.8 Å². The molecule has 1 N–H and O–H groups in total. The highest BCUT2D eigenvalue weighted by atomic mass is 32.2. The number of nitrogens with zero attached hydrogens (tertiary/aromatic N) is 1. The molecule has 4 nitrogen and oxygen atoms in total. The van der Waals surface area contributed by atoms with Crippen molar-refractivity contribution in [3.8, 4) is 5.75 Å². The summed E-state index contributed by atoms with van der Waals surface area (Å²) in [5.41, 5.74) is 5.87. The van der Waals surface area contributed by atoms with Crippen LogP contribution in [0.15, 0.2) is 72.8 Å². The summed E-state index contributed by atoms with van der Waals surface area (Å²) in [6.07, 6.45) is 3.75. The molecule has 0 spiro atoms. The van der Waals surface area contributed by atoms with E-state index in [4.69, 9.17) is 4.74 Å². The molecule has 3 aromatic carbocycles. The summed E-state index contributed by atoms with van der Waals surface area (Å²) >= 11 is 1.95. The van der Waals surface area contributed by atoms with Crippen LogP contribution in [0.3, 0.4) is 0 Å². The van der Waals surface area contributed by atoms with Crippen LogP contribution in [-0.2, 0) is 24.2 Å². The second-order valence-corrected chi connectivity index (χ2v) is 10.9. The molecule has 5 rings (SSSR count). The van der Waals surface area contributed by atoms with Gasteiger partial charge in [0, 0.05) is 17.9 Å². The van der Waals surface area contributed by atoms with Crippen molar-refractivity contribution < 1.29 is 14.6 Å². The monoisotopic (exact) mass is 487 g/mol. The molecule has 1 atom stereocenters. The van der Waals surface area contributed by atoms with Gasteiger partial charge in [-0.3, -0.25) is 4.79 Å². The molecule has 0 bridgehead atoms. The lowest BCUT2D eigenvalue weighted by molar-refractivity contribution is -0.136. The van der Waals surface area contributed by atoms with E-state index in [9.17, 15) is 9.90 Å². The molecule has 5 heteroatoms. The van der Waals surface area contributed by atoms with Crippen LogP contribution in [0.5, 0.6) is 5.75 Å². The quantitative estimate of drug-likeness (QED) is 0.423. The Hall–Kier alpha value is -2.76. The van der Waals surface area contributed by atoms with Crippen molar-refractivity contribution in [2.45, 2.75) is 37.5 Å². The number of hydrogen-bond donors (Lipinski definition) is 1. The molecule has 0 saturated carbocycles. The minimum atomic E-state index is -0.806. The van der Waals surface area contributed by atoms with E-state index in [2.05, 4.69) is 59.5 Å². The van der Waals surface area contributed by atoms with E-state index in [-0.39, 0.29) is 11.7 Å². The third-order valence-corrected chi connectivity index (χ3v) is 8.46. The van der Waals surface area contributed by atoms with Gasteiger partial charge in [0.25, 0.3) is 0 Å². The van der Waals surface area contributed by atoms with Crippen LogP contribution >= 0.6 is 11.8 Å². The summed E-state index contributed by atoms with van der Waals surface area (Å²) in [5, 5.41) is 9.44. The maximum Gasteiger partial charge on any atom is 0.307 e. The first-order chi connectivity index (χ1) is 17.2. The molecule has 1 saturated heterocycles.